The van der Waals surface area contributed by atoms with Crippen molar-refractivity contribution in [3.63, 3.8) is 0 Å². The van der Waals surface area contributed by atoms with E-state index >= 15 is 0 Å². The molecule has 0 spiro atoms. The monoisotopic (exact) mass is 353 g/mol. The molecule has 1 aromatic carbocycles. The van der Waals surface area contributed by atoms with Gasteiger partial charge in [0, 0.05) is 16.4 Å². The van der Waals surface area contributed by atoms with E-state index in [1.165, 1.54) is 11.1 Å². The molecule has 4 heteroatoms. The maximum absolute atomic E-state index is 8.43. The lowest BCUT2D eigenvalue weighted by Crippen LogP contribution is -2.24. The molecule has 1 aromatic heterocycles. The van der Waals surface area contributed by atoms with Gasteiger partial charge in [-0.3, -0.25) is 0 Å². The van der Waals surface area contributed by atoms with Crippen LogP contribution in [0.15, 0.2) is 34.1 Å². The van der Waals surface area contributed by atoms with Gasteiger partial charge < -0.3 is 5.41 Å². The molecule has 0 saturated carbocycles. The Morgan fingerprint density at radius 3 is 2.53 bits per heavy atom. The highest BCUT2D eigenvalue weighted by atomic mass is 79.9. The summed E-state index contributed by atoms with van der Waals surface area (Å²) in [6.45, 7) is 4.30. The lowest BCUT2D eigenvalue weighted by molar-refractivity contribution is 0.472. The van der Waals surface area contributed by atoms with Gasteiger partial charge in [-0.1, -0.05) is 37.6 Å². The topological polar surface area (TPSA) is 23.9 Å². The summed E-state index contributed by atoms with van der Waals surface area (Å²) in [4.78, 5) is 1.11. The molecule has 2 aromatic rings. The van der Waals surface area contributed by atoms with E-state index in [0.717, 1.165) is 19.4 Å². The fourth-order valence-electron chi connectivity index (χ4n) is 2.86. The summed E-state index contributed by atoms with van der Waals surface area (Å²) in [5.41, 5.74) is 3.05. The molecule has 1 N–H and O–H groups in total. The zero-order valence-electron chi connectivity index (χ0n) is 10.6. The van der Waals surface area contributed by atoms with E-state index in [-0.39, 0.29) is 11.3 Å². The number of hydrogen-bond acceptors (Lipinski definition) is 2. The van der Waals surface area contributed by atoms with Crippen molar-refractivity contribution >= 4 is 44.6 Å². The van der Waals surface area contributed by atoms with Gasteiger partial charge in [0.2, 0.25) is 0 Å². The fraction of sp³-hybridized carbons (Fsp3) is 0.267. The average molecular weight is 355 g/mol. The first-order valence-corrected chi connectivity index (χ1v) is 8.04. The van der Waals surface area contributed by atoms with Crippen molar-refractivity contribution in [1.29, 1.82) is 5.41 Å². The van der Waals surface area contributed by atoms with Gasteiger partial charge in [-0.05, 0) is 45.3 Å². The van der Waals surface area contributed by atoms with Gasteiger partial charge in [0.15, 0.2) is 0 Å². The molecule has 1 aliphatic carbocycles. The molecule has 3 rings (SSSR count). The van der Waals surface area contributed by atoms with Crippen molar-refractivity contribution in [3.8, 4) is 0 Å². The minimum absolute atomic E-state index is 0.171. The first kappa shape index (κ1) is 13.3. The van der Waals surface area contributed by atoms with Crippen LogP contribution in [0, 0.1) is 10.8 Å². The van der Waals surface area contributed by atoms with E-state index in [2.05, 4.69) is 48.0 Å². The molecule has 0 fully saturated rings. The zero-order valence-corrected chi connectivity index (χ0v) is 13.8. The number of rotatable bonds is 1. The second-order valence-electron chi connectivity index (χ2n) is 5.42. The van der Waals surface area contributed by atoms with Crippen LogP contribution in [0.5, 0.6) is 0 Å². The highest BCUT2D eigenvalue weighted by Gasteiger charge is 2.45. The Morgan fingerprint density at radius 2 is 1.89 bits per heavy atom. The van der Waals surface area contributed by atoms with Gasteiger partial charge in [0.05, 0.1) is 14.4 Å². The molecule has 1 aliphatic rings. The molecular formula is C15H13BrClNS. The Morgan fingerprint density at radius 1 is 1.26 bits per heavy atom. The predicted octanol–water partition coefficient (Wildman–Crippen LogP) is 5.70. The van der Waals surface area contributed by atoms with Crippen molar-refractivity contribution < 1.29 is 0 Å². The summed E-state index contributed by atoms with van der Waals surface area (Å²) in [5, 5.41) is 9.18. The van der Waals surface area contributed by atoms with E-state index in [9.17, 15) is 0 Å². The van der Waals surface area contributed by atoms with E-state index in [1.807, 2.05) is 12.1 Å². The summed E-state index contributed by atoms with van der Waals surface area (Å²) < 4.78 is 1.09. The van der Waals surface area contributed by atoms with Crippen LogP contribution in [0.2, 0.25) is 5.02 Å². The molecule has 1 nitrogen and oxygen atoms in total. The highest BCUT2D eigenvalue weighted by molar-refractivity contribution is 9.11. The van der Waals surface area contributed by atoms with Crippen molar-refractivity contribution in [2.75, 3.05) is 0 Å². The van der Waals surface area contributed by atoms with E-state index < -0.39 is 0 Å². The SMILES string of the molecule is CC1(C)C(=N)c2sc(Br)cc2C1c1ccc(Cl)cc1. The predicted molar refractivity (Wildman–Crippen MR) is 85.9 cm³/mol. The van der Waals surface area contributed by atoms with Crippen molar-refractivity contribution in [1.82, 2.24) is 0 Å². The van der Waals surface area contributed by atoms with Gasteiger partial charge in [-0.25, -0.2) is 0 Å². The number of nitrogens with one attached hydrogen (secondary N) is 1. The first-order chi connectivity index (χ1) is 8.91. The van der Waals surface area contributed by atoms with Crippen LogP contribution in [-0.2, 0) is 0 Å². The number of thiophene rings is 1. The van der Waals surface area contributed by atoms with Gasteiger partial charge in [0.25, 0.3) is 0 Å². The van der Waals surface area contributed by atoms with Crippen molar-refractivity contribution in [2.45, 2.75) is 19.8 Å². The first-order valence-electron chi connectivity index (χ1n) is 6.05. The molecule has 0 saturated heterocycles. The van der Waals surface area contributed by atoms with Crippen LogP contribution in [0.4, 0.5) is 0 Å². The van der Waals surface area contributed by atoms with E-state index in [1.54, 1.807) is 11.3 Å². The van der Waals surface area contributed by atoms with Gasteiger partial charge in [-0.15, -0.1) is 11.3 Å². The Bertz CT molecular complexity index is 657. The molecule has 98 valence electrons. The normalized spacial score (nSPS) is 20.6. The number of hydrogen-bond donors (Lipinski definition) is 1. The molecule has 0 radical (unpaired) electrons. The van der Waals surface area contributed by atoms with Crippen molar-refractivity contribution in [2.24, 2.45) is 5.41 Å². The Hall–Kier alpha value is -0.640. The third kappa shape index (κ3) is 1.99. The standard InChI is InChI=1S/C15H13BrClNS/c1-15(2)12(8-3-5-9(17)6-4-8)10-7-11(16)19-13(10)14(15)18/h3-7,12,18H,1-2H3. The van der Waals surface area contributed by atoms with E-state index in [0.29, 0.717) is 0 Å². The van der Waals surface area contributed by atoms with Crippen LogP contribution in [0.25, 0.3) is 0 Å². The second kappa shape index (κ2) is 4.44. The summed E-state index contributed by atoms with van der Waals surface area (Å²) in [6, 6.07) is 10.2. The fourth-order valence-corrected chi connectivity index (χ4v) is 4.76. The molecule has 0 aliphatic heterocycles. The lowest BCUT2D eigenvalue weighted by atomic mass is 9.75. The minimum Gasteiger partial charge on any atom is -0.303 e. The maximum Gasteiger partial charge on any atom is 0.0708 e. The Labute approximate surface area is 130 Å². The van der Waals surface area contributed by atoms with Gasteiger partial charge >= 0.3 is 0 Å². The summed E-state index contributed by atoms with van der Waals surface area (Å²) in [5.74, 6) is 0.231. The van der Waals surface area contributed by atoms with E-state index in [4.69, 9.17) is 17.0 Å². The van der Waals surface area contributed by atoms with Crippen LogP contribution in [0.1, 0.15) is 35.8 Å². The summed E-state index contributed by atoms with van der Waals surface area (Å²) in [6.07, 6.45) is 0. The number of benzene rings is 1. The Balaban J connectivity index is 2.18. The van der Waals surface area contributed by atoms with Gasteiger partial charge in [0.1, 0.15) is 0 Å². The van der Waals surface area contributed by atoms with Crippen LogP contribution in [0.3, 0.4) is 0 Å². The zero-order chi connectivity index (χ0) is 13.8. The molecular weight excluding hydrogens is 342 g/mol. The maximum atomic E-state index is 8.43. The van der Waals surface area contributed by atoms with Crippen LogP contribution in [-0.4, -0.2) is 5.71 Å². The van der Waals surface area contributed by atoms with Crippen molar-refractivity contribution in [3.05, 3.63) is 55.1 Å². The number of halogens is 2. The molecule has 1 heterocycles. The molecule has 0 bridgehead atoms. The molecule has 1 unspecified atom stereocenters. The molecule has 0 amide bonds. The third-order valence-corrected chi connectivity index (χ3v) is 5.76. The summed E-state index contributed by atoms with van der Waals surface area (Å²) >= 11 is 11.2. The minimum atomic E-state index is -0.171. The summed E-state index contributed by atoms with van der Waals surface area (Å²) in [7, 11) is 0. The smallest absolute Gasteiger partial charge is 0.0708 e. The molecule has 1 atom stereocenters. The number of fused-ring (bicyclic) bond motifs is 1. The molecule has 19 heavy (non-hydrogen) atoms. The van der Waals surface area contributed by atoms with Gasteiger partial charge in [-0.2, -0.15) is 0 Å². The van der Waals surface area contributed by atoms with Crippen LogP contribution >= 0.6 is 38.9 Å². The third-order valence-electron chi connectivity index (χ3n) is 3.84. The largest absolute Gasteiger partial charge is 0.303 e. The second-order valence-corrected chi connectivity index (χ2v) is 8.28. The van der Waals surface area contributed by atoms with Crippen LogP contribution < -0.4 is 0 Å². The Kier molecular flexibility index (Phi) is 3.12. The lowest BCUT2D eigenvalue weighted by Gasteiger charge is -2.28. The highest BCUT2D eigenvalue weighted by Crippen LogP contribution is 2.53. The average Bonchev–Trinajstić information content (AvgIpc) is 2.79. The quantitative estimate of drug-likeness (QED) is 0.679.